The van der Waals surface area contributed by atoms with Crippen molar-refractivity contribution < 1.29 is 9.53 Å². The Morgan fingerprint density at radius 3 is 2.79 bits per heavy atom. The molecule has 0 bridgehead atoms. The molecular weight excluding hydrogens is 304 g/mol. The fourth-order valence-corrected chi connectivity index (χ4v) is 4.07. The van der Waals surface area contributed by atoms with E-state index in [1.54, 1.807) is 0 Å². The monoisotopic (exact) mass is 332 g/mol. The molecule has 24 heavy (non-hydrogen) atoms. The second kappa shape index (κ2) is 7.23. The summed E-state index contributed by atoms with van der Waals surface area (Å²) in [6.45, 7) is 4.88. The molecule has 1 saturated carbocycles. The first-order valence-electron chi connectivity index (χ1n) is 9.43. The maximum atomic E-state index is 12.5. The van der Waals surface area contributed by atoms with Crippen LogP contribution < -0.4 is 5.32 Å². The van der Waals surface area contributed by atoms with Crippen molar-refractivity contribution in [3.05, 3.63) is 18.2 Å². The highest BCUT2D eigenvalue weighted by molar-refractivity contribution is 5.81. The van der Waals surface area contributed by atoms with Crippen LogP contribution in [-0.2, 0) is 16.1 Å². The average Bonchev–Trinajstić information content (AvgIpc) is 3.07. The number of hydrogen-bond acceptors (Lipinski definition) is 4. The molecule has 2 saturated heterocycles. The van der Waals surface area contributed by atoms with Gasteiger partial charge >= 0.3 is 0 Å². The van der Waals surface area contributed by atoms with E-state index in [0.717, 1.165) is 44.9 Å². The van der Waals surface area contributed by atoms with E-state index in [2.05, 4.69) is 21.1 Å². The van der Waals surface area contributed by atoms with Crippen LogP contribution in [0.2, 0.25) is 0 Å². The van der Waals surface area contributed by atoms with Crippen LogP contribution in [0.15, 0.2) is 12.4 Å². The quantitative estimate of drug-likeness (QED) is 0.905. The number of morpholine rings is 1. The lowest BCUT2D eigenvalue weighted by Crippen LogP contribution is -2.51. The Hall–Kier alpha value is -1.40. The molecule has 4 rings (SSSR count). The van der Waals surface area contributed by atoms with Gasteiger partial charge in [0.1, 0.15) is 11.9 Å². The van der Waals surface area contributed by atoms with Gasteiger partial charge in [-0.05, 0) is 31.6 Å². The van der Waals surface area contributed by atoms with Crippen LogP contribution in [0.4, 0.5) is 0 Å². The van der Waals surface area contributed by atoms with Crippen molar-refractivity contribution in [2.75, 3.05) is 32.8 Å². The van der Waals surface area contributed by atoms with Crippen molar-refractivity contribution in [2.45, 2.75) is 50.7 Å². The number of nitrogens with one attached hydrogen (secondary N) is 1. The molecule has 0 spiro atoms. The van der Waals surface area contributed by atoms with Gasteiger partial charge in [-0.25, -0.2) is 4.98 Å². The fraction of sp³-hybridized carbons (Fsp3) is 0.778. The Kier molecular flexibility index (Phi) is 4.85. The summed E-state index contributed by atoms with van der Waals surface area (Å²) in [5, 5.41) is 3.24. The van der Waals surface area contributed by atoms with Gasteiger partial charge in [0, 0.05) is 51.0 Å². The van der Waals surface area contributed by atoms with E-state index in [4.69, 9.17) is 4.74 Å². The zero-order chi connectivity index (χ0) is 16.4. The summed E-state index contributed by atoms with van der Waals surface area (Å²) >= 11 is 0. The van der Waals surface area contributed by atoms with E-state index >= 15 is 0 Å². The Labute approximate surface area is 143 Å². The Bertz CT molecular complexity index is 555. The van der Waals surface area contributed by atoms with Crippen LogP contribution in [0.25, 0.3) is 0 Å². The van der Waals surface area contributed by atoms with Gasteiger partial charge in [0.05, 0.1) is 6.61 Å². The average molecular weight is 332 g/mol. The second-order valence-corrected chi connectivity index (χ2v) is 7.40. The first-order chi connectivity index (χ1) is 11.8. The Morgan fingerprint density at radius 1 is 1.29 bits per heavy atom. The zero-order valence-corrected chi connectivity index (χ0v) is 14.3. The molecule has 0 aromatic carbocycles. The van der Waals surface area contributed by atoms with Crippen molar-refractivity contribution in [2.24, 2.45) is 5.92 Å². The normalized spacial score (nSPS) is 26.3. The molecule has 2 aliphatic heterocycles. The molecule has 0 unspecified atom stereocenters. The van der Waals surface area contributed by atoms with Crippen LogP contribution in [0, 0.1) is 5.92 Å². The minimum atomic E-state index is -0.295. The molecule has 132 valence electrons. The molecule has 3 heterocycles. The Morgan fingerprint density at radius 2 is 2.12 bits per heavy atom. The molecule has 3 fully saturated rings. The summed E-state index contributed by atoms with van der Waals surface area (Å²) in [4.78, 5) is 19.2. The molecule has 1 aromatic heterocycles. The number of imidazole rings is 1. The van der Waals surface area contributed by atoms with E-state index in [9.17, 15) is 4.79 Å². The van der Waals surface area contributed by atoms with E-state index in [0.29, 0.717) is 19.1 Å². The van der Waals surface area contributed by atoms with Crippen LogP contribution in [0.1, 0.15) is 43.8 Å². The van der Waals surface area contributed by atoms with Crippen molar-refractivity contribution >= 4 is 5.91 Å². The second-order valence-electron chi connectivity index (χ2n) is 7.40. The van der Waals surface area contributed by atoms with Crippen LogP contribution in [0.5, 0.6) is 0 Å². The van der Waals surface area contributed by atoms with E-state index in [1.165, 1.54) is 25.1 Å². The first-order valence-corrected chi connectivity index (χ1v) is 9.43. The van der Waals surface area contributed by atoms with Gasteiger partial charge in [-0.2, -0.15) is 0 Å². The third-order valence-corrected chi connectivity index (χ3v) is 5.80. The number of carbonyl (C=O) groups excluding carboxylic acids is 1. The third kappa shape index (κ3) is 3.35. The fourth-order valence-electron chi connectivity index (χ4n) is 4.07. The number of aromatic nitrogens is 2. The highest BCUT2D eigenvalue weighted by atomic mass is 16.5. The van der Waals surface area contributed by atoms with E-state index in [-0.39, 0.29) is 12.0 Å². The zero-order valence-electron chi connectivity index (χ0n) is 14.3. The number of rotatable bonds is 4. The number of piperidine rings is 1. The molecule has 1 atom stereocenters. The lowest BCUT2D eigenvalue weighted by molar-refractivity contribution is -0.146. The molecule has 6 heteroatoms. The number of likely N-dealkylation sites (tertiary alicyclic amines) is 1. The van der Waals surface area contributed by atoms with Gasteiger partial charge in [-0.15, -0.1) is 0 Å². The van der Waals surface area contributed by atoms with E-state index in [1.807, 2.05) is 11.1 Å². The standard InChI is InChI=1S/C18H28N4O2/c23-18(16-12-19-7-11-24-16)21-8-4-15(5-9-21)17-20-6-10-22(17)13-14-2-1-3-14/h6,10,14-16,19H,1-5,7-9,11-13H2/t16-/m0/s1. The van der Waals surface area contributed by atoms with E-state index < -0.39 is 0 Å². The molecule has 0 radical (unpaired) electrons. The SMILES string of the molecule is O=C([C@@H]1CNCCO1)N1CCC(c2nccn2CC2CCC2)CC1. The summed E-state index contributed by atoms with van der Waals surface area (Å²) in [5.74, 6) is 2.70. The lowest BCUT2D eigenvalue weighted by Gasteiger charge is -2.35. The highest BCUT2D eigenvalue weighted by Crippen LogP contribution is 2.31. The molecule has 3 aliphatic rings. The smallest absolute Gasteiger partial charge is 0.253 e. The lowest BCUT2D eigenvalue weighted by atomic mass is 9.85. The molecule has 1 N–H and O–H groups in total. The molecule has 6 nitrogen and oxygen atoms in total. The number of carbonyl (C=O) groups is 1. The van der Waals surface area contributed by atoms with Gasteiger partial charge < -0.3 is 19.5 Å². The van der Waals surface area contributed by atoms with Crippen molar-refractivity contribution in [1.82, 2.24) is 19.8 Å². The van der Waals surface area contributed by atoms with Gasteiger partial charge in [-0.3, -0.25) is 4.79 Å². The summed E-state index contributed by atoms with van der Waals surface area (Å²) in [5.41, 5.74) is 0. The first kappa shape index (κ1) is 16.1. The van der Waals surface area contributed by atoms with Crippen molar-refractivity contribution in [3.63, 3.8) is 0 Å². The van der Waals surface area contributed by atoms with Gasteiger partial charge in [0.15, 0.2) is 0 Å². The Balaban J connectivity index is 1.32. The number of amides is 1. The topological polar surface area (TPSA) is 59.4 Å². The van der Waals surface area contributed by atoms with Crippen molar-refractivity contribution in [3.8, 4) is 0 Å². The molecule has 1 aliphatic carbocycles. The van der Waals surface area contributed by atoms with Crippen LogP contribution >= 0.6 is 0 Å². The largest absolute Gasteiger partial charge is 0.366 e. The van der Waals surface area contributed by atoms with Crippen molar-refractivity contribution in [1.29, 1.82) is 0 Å². The summed E-state index contributed by atoms with van der Waals surface area (Å²) in [6.07, 6.45) is 9.89. The van der Waals surface area contributed by atoms with Crippen LogP contribution in [-0.4, -0.2) is 59.2 Å². The molecular formula is C18H28N4O2. The predicted octanol–water partition coefficient (Wildman–Crippen LogP) is 1.38. The number of ether oxygens (including phenoxy) is 1. The minimum Gasteiger partial charge on any atom is -0.366 e. The summed E-state index contributed by atoms with van der Waals surface area (Å²) < 4.78 is 7.96. The molecule has 1 amide bonds. The third-order valence-electron chi connectivity index (χ3n) is 5.80. The van der Waals surface area contributed by atoms with Crippen LogP contribution in [0.3, 0.4) is 0 Å². The maximum Gasteiger partial charge on any atom is 0.253 e. The summed E-state index contributed by atoms with van der Waals surface area (Å²) in [6, 6.07) is 0. The highest BCUT2D eigenvalue weighted by Gasteiger charge is 2.31. The number of nitrogens with zero attached hydrogens (tertiary/aromatic N) is 3. The van der Waals surface area contributed by atoms with Gasteiger partial charge in [-0.1, -0.05) is 6.42 Å². The maximum absolute atomic E-state index is 12.5. The van der Waals surface area contributed by atoms with Gasteiger partial charge in [0.2, 0.25) is 0 Å². The minimum absolute atomic E-state index is 0.151. The van der Waals surface area contributed by atoms with Gasteiger partial charge in [0.25, 0.3) is 5.91 Å². The molecule has 1 aromatic rings. The number of hydrogen-bond donors (Lipinski definition) is 1. The predicted molar refractivity (Wildman–Crippen MR) is 90.7 cm³/mol. The summed E-state index contributed by atoms with van der Waals surface area (Å²) in [7, 11) is 0.